The average Bonchev–Trinajstić information content (AvgIpc) is 3.00. The van der Waals surface area contributed by atoms with E-state index in [0.717, 1.165) is 15.4 Å². The van der Waals surface area contributed by atoms with Gasteiger partial charge in [0.25, 0.3) is 11.8 Å². The van der Waals surface area contributed by atoms with Crippen molar-refractivity contribution in [3.63, 3.8) is 0 Å². The first-order valence-corrected chi connectivity index (χ1v) is 10.7. The molecule has 5 nitrogen and oxygen atoms in total. The van der Waals surface area contributed by atoms with E-state index in [1.165, 1.54) is 11.8 Å². The van der Waals surface area contributed by atoms with Crippen LogP contribution in [-0.2, 0) is 9.59 Å². The van der Waals surface area contributed by atoms with E-state index in [1.54, 1.807) is 55.6 Å². The third-order valence-corrected chi connectivity index (χ3v) is 6.15. The number of carbonyl (C=O) groups excluding carboxylic acids is 2. The Hall–Kier alpha value is -3.22. The number of nitrogens with zero attached hydrogens (tertiary/aromatic N) is 1. The van der Waals surface area contributed by atoms with Crippen molar-refractivity contribution in [2.75, 3.05) is 17.3 Å². The van der Waals surface area contributed by atoms with Crippen LogP contribution in [-0.4, -0.2) is 18.9 Å². The Bertz CT molecular complexity index is 1170. The number of thioether (sulfide) groups is 1. The average molecular weight is 451 g/mol. The van der Waals surface area contributed by atoms with E-state index in [1.807, 2.05) is 31.2 Å². The largest absolute Gasteiger partial charge is 0.497 e. The van der Waals surface area contributed by atoms with Gasteiger partial charge in [0.2, 0.25) is 0 Å². The molecule has 0 aromatic heterocycles. The third kappa shape index (κ3) is 4.31. The van der Waals surface area contributed by atoms with Crippen LogP contribution in [0.2, 0.25) is 5.02 Å². The summed E-state index contributed by atoms with van der Waals surface area (Å²) < 4.78 is 5.19. The summed E-state index contributed by atoms with van der Waals surface area (Å²) in [5.74, 6) is -0.177. The zero-order valence-corrected chi connectivity index (χ0v) is 18.5. The number of nitrogens with one attached hydrogen (secondary N) is 1. The SMILES string of the molecule is COc1ccc(NC2=C(Sc3ccc(C)cc3)C(=O)N(c3ccccc3Cl)C2=O)cc1. The Morgan fingerprint density at radius 3 is 2.23 bits per heavy atom. The van der Waals surface area contributed by atoms with Gasteiger partial charge in [0.1, 0.15) is 16.4 Å². The first kappa shape index (κ1) is 21.0. The molecule has 0 bridgehead atoms. The predicted molar refractivity (Wildman–Crippen MR) is 125 cm³/mol. The number of anilines is 2. The lowest BCUT2D eigenvalue weighted by Gasteiger charge is -2.16. The third-order valence-electron chi connectivity index (χ3n) is 4.73. The Balaban J connectivity index is 1.74. The number of carbonyl (C=O) groups is 2. The summed E-state index contributed by atoms with van der Waals surface area (Å²) in [6.07, 6.45) is 0. The van der Waals surface area contributed by atoms with Gasteiger partial charge in [0.15, 0.2) is 0 Å². The van der Waals surface area contributed by atoms with Gasteiger partial charge in [-0.05, 0) is 55.5 Å². The maximum atomic E-state index is 13.3. The molecule has 4 rings (SSSR count). The quantitative estimate of drug-likeness (QED) is 0.492. The van der Waals surface area contributed by atoms with Gasteiger partial charge >= 0.3 is 0 Å². The zero-order chi connectivity index (χ0) is 22.0. The molecule has 1 heterocycles. The highest BCUT2D eigenvalue weighted by Gasteiger charge is 2.41. The lowest BCUT2D eigenvalue weighted by atomic mass is 10.2. The summed E-state index contributed by atoms with van der Waals surface area (Å²) in [5.41, 5.74) is 2.34. The molecule has 0 radical (unpaired) electrons. The van der Waals surface area contributed by atoms with Gasteiger partial charge in [0.05, 0.1) is 17.8 Å². The molecular weight excluding hydrogens is 432 g/mol. The Morgan fingerprint density at radius 2 is 1.58 bits per heavy atom. The number of halogens is 1. The molecule has 0 fully saturated rings. The fraction of sp³-hybridized carbons (Fsp3) is 0.0833. The van der Waals surface area contributed by atoms with E-state index in [2.05, 4.69) is 5.32 Å². The minimum absolute atomic E-state index is 0.209. The topological polar surface area (TPSA) is 58.6 Å². The molecule has 156 valence electrons. The number of ether oxygens (including phenoxy) is 1. The fourth-order valence-electron chi connectivity index (χ4n) is 3.11. The van der Waals surface area contributed by atoms with Gasteiger partial charge in [-0.3, -0.25) is 9.59 Å². The molecule has 0 atom stereocenters. The van der Waals surface area contributed by atoms with E-state index in [-0.39, 0.29) is 5.70 Å². The minimum Gasteiger partial charge on any atom is -0.497 e. The minimum atomic E-state index is -0.455. The van der Waals surface area contributed by atoms with Gasteiger partial charge < -0.3 is 10.1 Å². The van der Waals surface area contributed by atoms with Crippen LogP contribution in [0.25, 0.3) is 0 Å². The Labute approximate surface area is 189 Å². The van der Waals surface area contributed by atoms with Gasteiger partial charge in [0, 0.05) is 10.6 Å². The maximum Gasteiger partial charge on any atom is 0.283 e. The summed E-state index contributed by atoms with van der Waals surface area (Å²) in [5, 5.41) is 3.45. The van der Waals surface area contributed by atoms with Crippen LogP contribution in [0.5, 0.6) is 5.75 Å². The van der Waals surface area contributed by atoms with E-state index >= 15 is 0 Å². The molecule has 0 saturated heterocycles. The second kappa shape index (κ2) is 8.88. The number of aryl methyl sites for hydroxylation is 1. The number of rotatable bonds is 6. The van der Waals surface area contributed by atoms with Crippen molar-refractivity contribution in [1.29, 1.82) is 0 Å². The molecule has 1 aliphatic heterocycles. The smallest absolute Gasteiger partial charge is 0.283 e. The number of methoxy groups -OCH3 is 1. The first-order chi connectivity index (χ1) is 15.0. The van der Waals surface area contributed by atoms with Crippen LogP contribution in [0, 0.1) is 6.92 Å². The normalized spacial score (nSPS) is 13.7. The van der Waals surface area contributed by atoms with E-state index in [4.69, 9.17) is 16.3 Å². The number of imide groups is 1. The van der Waals surface area contributed by atoms with Crippen LogP contribution in [0.1, 0.15) is 5.56 Å². The molecule has 7 heteroatoms. The van der Waals surface area contributed by atoms with Crippen molar-refractivity contribution in [3.05, 3.63) is 94.0 Å². The maximum absolute atomic E-state index is 13.3. The van der Waals surface area contributed by atoms with Gasteiger partial charge in [-0.2, -0.15) is 0 Å². The monoisotopic (exact) mass is 450 g/mol. The molecule has 0 aliphatic carbocycles. The zero-order valence-electron chi connectivity index (χ0n) is 16.9. The molecule has 0 saturated carbocycles. The van der Waals surface area contributed by atoms with Gasteiger partial charge in [-0.1, -0.05) is 53.2 Å². The van der Waals surface area contributed by atoms with Crippen molar-refractivity contribution < 1.29 is 14.3 Å². The highest BCUT2D eigenvalue weighted by Crippen LogP contribution is 2.39. The van der Waals surface area contributed by atoms with Crippen molar-refractivity contribution in [2.45, 2.75) is 11.8 Å². The molecule has 3 aromatic rings. The van der Waals surface area contributed by atoms with Crippen LogP contribution in [0.3, 0.4) is 0 Å². The van der Waals surface area contributed by atoms with Gasteiger partial charge in [-0.25, -0.2) is 4.90 Å². The molecule has 1 N–H and O–H groups in total. The molecule has 0 spiro atoms. The standard InChI is InChI=1S/C24H19ClN2O3S/c1-15-7-13-18(14-8-15)31-22-21(26-16-9-11-17(30-2)12-10-16)23(28)27(24(22)29)20-6-4-3-5-19(20)25/h3-14,26H,1-2H3. The predicted octanol–water partition coefficient (Wildman–Crippen LogP) is 5.65. The fourth-order valence-corrected chi connectivity index (χ4v) is 4.26. The van der Waals surface area contributed by atoms with Crippen LogP contribution in [0.4, 0.5) is 11.4 Å². The number of benzene rings is 3. The molecule has 0 unspecified atom stereocenters. The van der Waals surface area contributed by atoms with E-state index < -0.39 is 11.8 Å². The highest BCUT2D eigenvalue weighted by molar-refractivity contribution is 8.04. The molecule has 3 aromatic carbocycles. The second-order valence-corrected chi connectivity index (χ2v) is 8.36. The number of amides is 2. The molecule has 2 amide bonds. The second-order valence-electron chi connectivity index (χ2n) is 6.87. The lowest BCUT2D eigenvalue weighted by molar-refractivity contribution is -0.120. The lowest BCUT2D eigenvalue weighted by Crippen LogP contribution is -2.32. The summed E-state index contributed by atoms with van der Waals surface area (Å²) >= 11 is 7.54. The molecule has 1 aliphatic rings. The number of hydrogen-bond acceptors (Lipinski definition) is 5. The number of para-hydroxylation sites is 1. The van der Waals surface area contributed by atoms with Gasteiger partial charge in [-0.15, -0.1) is 0 Å². The van der Waals surface area contributed by atoms with E-state index in [0.29, 0.717) is 27.1 Å². The summed E-state index contributed by atoms with van der Waals surface area (Å²) in [7, 11) is 1.59. The van der Waals surface area contributed by atoms with E-state index in [9.17, 15) is 9.59 Å². The summed E-state index contributed by atoms with van der Waals surface area (Å²) in [6.45, 7) is 1.99. The Morgan fingerprint density at radius 1 is 0.903 bits per heavy atom. The van der Waals surface area contributed by atoms with Crippen LogP contribution >= 0.6 is 23.4 Å². The Kier molecular flexibility index (Phi) is 6.02. The first-order valence-electron chi connectivity index (χ1n) is 9.51. The molecule has 31 heavy (non-hydrogen) atoms. The summed E-state index contributed by atoms with van der Waals surface area (Å²) in [4.78, 5) is 29.0. The number of hydrogen-bond donors (Lipinski definition) is 1. The van der Waals surface area contributed by atoms with Crippen LogP contribution in [0.15, 0.2) is 88.3 Å². The summed E-state index contributed by atoms with van der Waals surface area (Å²) in [6, 6.07) is 21.7. The highest BCUT2D eigenvalue weighted by atomic mass is 35.5. The van der Waals surface area contributed by atoms with Crippen LogP contribution < -0.4 is 15.0 Å². The van der Waals surface area contributed by atoms with Crippen molar-refractivity contribution >= 4 is 46.6 Å². The van der Waals surface area contributed by atoms with Crippen molar-refractivity contribution in [1.82, 2.24) is 0 Å². The van der Waals surface area contributed by atoms with Crippen molar-refractivity contribution in [3.8, 4) is 5.75 Å². The van der Waals surface area contributed by atoms with Crippen molar-refractivity contribution in [2.24, 2.45) is 0 Å². The molecular formula is C24H19ClN2O3S.